The van der Waals surface area contributed by atoms with Crippen LogP contribution in [0.25, 0.3) is 0 Å². The molecule has 1 aromatic rings. The summed E-state index contributed by atoms with van der Waals surface area (Å²) in [6, 6.07) is 4.23. The molecule has 2 N–H and O–H groups in total. The van der Waals surface area contributed by atoms with Crippen molar-refractivity contribution >= 4 is 35.8 Å². The molecule has 176 valence electrons. The SMILES string of the molecule is CCNC(=NCc1ccnc(N2CCN(C)CC2)c1)NCCOC1CCCCCC1.I. The summed E-state index contributed by atoms with van der Waals surface area (Å²) in [6.07, 6.45) is 10.1. The number of aliphatic imine (C=N–C) groups is 1. The van der Waals surface area contributed by atoms with E-state index >= 15 is 0 Å². The molecule has 2 fully saturated rings. The minimum atomic E-state index is 0. The van der Waals surface area contributed by atoms with Crippen molar-refractivity contribution in [2.45, 2.75) is 58.1 Å². The molecular weight excluding hydrogens is 503 g/mol. The normalized spacial score (nSPS) is 18.9. The highest BCUT2D eigenvalue weighted by Gasteiger charge is 2.15. The first-order valence-electron chi connectivity index (χ1n) is 11.8. The molecule has 31 heavy (non-hydrogen) atoms. The minimum Gasteiger partial charge on any atom is -0.376 e. The molecule has 2 heterocycles. The van der Waals surface area contributed by atoms with Crippen LogP contribution in [0, 0.1) is 0 Å². The van der Waals surface area contributed by atoms with Gasteiger partial charge in [-0.25, -0.2) is 9.98 Å². The van der Waals surface area contributed by atoms with Crippen LogP contribution in [0.5, 0.6) is 0 Å². The lowest BCUT2D eigenvalue weighted by Crippen LogP contribution is -2.44. The Bertz CT molecular complexity index is 643. The second kappa shape index (κ2) is 14.8. The van der Waals surface area contributed by atoms with E-state index in [2.05, 4.69) is 51.5 Å². The van der Waals surface area contributed by atoms with Crippen molar-refractivity contribution in [3.05, 3.63) is 23.9 Å². The van der Waals surface area contributed by atoms with Crippen LogP contribution < -0.4 is 15.5 Å². The van der Waals surface area contributed by atoms with Gasteiger partial charge in [-0.1, -0.05) is 25.7 Å². The first kappa shape index (κ1) is 26.1. The Morgan fingerprint density at radius 2 is 1.87 bits per heavy atom. The minimum absolute atomic E-state index is 0. The van der Waals surface area contributed by atoms with Gasteiger partial charge in [0.1, 0.15) is 5.82 Å². The number of anilines is 1. The zero-order valence-corrected chi connectivity index (χ0v) is 21.6. The first-order valence-corrected chi connectivity index (χ1v) is 11.8. The molecule has 0 unspecified atom stereocenters. The van der Waals surface area contributed by atoms with Gasteiger partial charge < -0.3 is 25.2 Å². The maximum Gasteiger partial charge on any atom is 0.191 e. The molecule has 8 heteroatoms. The number of hydrogen-bond donors (Lipinski definition) is 2. The van der Waals surface area contributed by atoms with E-state index in [0.717, 1.165) is 57.7 Å². The van der Waals surface area contributed by atoms with Crippen molar-refractivity contribution in [2.24, 2.45) is 4.99 Å². The number of hydrogen-bond acceptors (Lipinski definition) is 5. The van der Waals surface area contributed by atoms with Crippen molar-refractivity contribution in [3.8, 4) is 0 Å². The quantitative estimate of drug-likeness (QED) is 0.172. The Morgan fingerprint density at radius 1 is 1.13 bits per heavy atom. The zero-order valence-electron chi connectivity index (χ0n) is 19.3. The van der Waals surface area contributed by atoms with E-state index in [9.17, 15) is 0 Å². The highest BCUT2D eigenvalue weighted by atomic mass is 127. The first-order chi connectivity index (χ1) is 14.7. The molecule has 1 saturated heterocycles. The Hall–Kier alpha value is -1.13. The van der Waals surface area contributed by atoms with Crippen molar-refractivity contribution in [2.75, 3.05) is 57.8 Å². The van der Waals surface area contributed by atoms with E-state index in [0.29, 0.717) is 12.6 Å². The molecule has 7 nitrogen and oxygen atoms in total. The average Bonchev–Trinajstić information content (AvgIpc) is 3.04. The summed E-state index contributed by atoms with van der Waals surface area (Å²) in [5.74, 6) is 1.91. The van der Waals surface area contributed by atoms with E-state index in [1.165, 1.54) is 44.1 Å². The number of piperazine rings is 1. The van der Waals surface area contributed by atoms with Crippen LogP contribution in [0.15, 0.2) is 23.3 Å². The van der Waals surface area contributed by atoms with Crippen molar-refractivity contribution in [1.29, 1.82) is 0 Å². The zero-order chi connectivity index (χ0) is 21.0. The van der Waals surface area contributed by atoms with Crippen molar-refractivity contribution < 1.29 is 4.74 Å². The Balaban J connectivity index is 0.00000341. The average molecular weight is 545 g/mol. The molecule has 1 aromatic heterocycles. The monoisotopic (exact) mass is 544 g/mol. The van der Waals surface area contributed by atoms with Gasteiger partial charge in [-0.05, 0) is 44.5 Å². The molecule has 1 saturated carbocycles. The number of nitrogens with zero attached hydrogens (tertiary/aromatic N) is 4. The van der Waals surface area contributed by atoms with E-state index in [-0.39, 0.29) is 24.0 Å². The largest absolute Gasteiger partial charge is 0.376 e. The maximum absolute atomic E-state index is 6.08. The van der Waals surface area contributed by atoms with Crippen LogP contribution in [0.4, 0.5) is 5.82 Å². The second-order valence-electron chi connectivity index (χ2n) is 8.42. The van der Waals surface area contributed by atoms with Crippen LogP contribution >= 0.6 is 24.0 Å². The number of ether oxygens (including phenoxy) is 1. The van der Waals surface area contributed by atoms with Gasteiger partial charge in [0.25, 0.3) is 0 Å². The molecule has 0 atom stereocenters. The van der Waals surface area contributed by atoms with E-state index < -0.39 is 0 Å². The standard InChI is InChI=1S/C23H40N6O.HI/c1-3-24-23(26-12-17-30-21-8-6-4-5-7-9-21)27-19-20-10-11-25-22(18-20)29-15-13-28(2)14-16-29;/h10-11,18,21H,3-9,12-17,19H2,1-2H3,(H2,24,26,27);1H. The molecule has 1 aliphatic heterocycles. The summed E-state index contributed by atoms with van der Waals surface area (Å²) in [7, 11) is 2.17. The highest BCUT2D eigenvalue weighted by Crippen LogP contribution is 2.19. The molecule has 1 aliphatic carbocycles. The summed E-state index contributed by atoms with van der Waals surface area (Å²) in [6.45, 7) is 9.33. The van der Waals surface area contributed by atoms with Gasteiger partial charge in [-0.2, -0.15) is 0 Å². The number of rotatable bonds is 8. The number of guanidine groups is 1. The lowest BCUT2D eigenvalue weighted by molar-refractivity contribution is 0.0468. The lowest BCUT2D eigenvalue weighted by atomic mass is 10.1. The fourth-order valence-electron chi connectivity index (χ4n) is 4.08. The van der Waals surface area contributed by atoms with Gasteiger partial charge in [0.2, 0.25) is 0 Å². The van der Waals surface area contributed by atoms with Gasteiger partial charge in [0.05, 0.1) is 19.3 Å². The smallest absolute Gasteiger partial charge is 0.191 e. The fraction of sp³-hybridized carbons (Fsp3) is 0.739. The highest BCUT2D eigenvalue weighted by molar-refractivity contribution is 14.0. The fourth-order valence-corrected chi connectivity index (χ4v) is 4.08. The molecule has 3 rings (SSSR count). The number of aromatic nitrogens is 1. The summed E-state index contributed by atoms with van der Waals surface area (Å²) in [5.41, 5.74) is 1.19. The number of nitrogens with one attached hydrogen (secondary N) is 2. The van der Waals surface area contributed by atoms with Crippen LogP contribution in [-0.2, 0) is 11.3 Å². The maximum atomic E-state index is 6.08. The van der Waals surface area contributed by atoms with Crippen LogP contribution in [0.3, 0.4) is 0 Å². The third kappa shape index (κ3) is 9.49. The van der Waals surface area contributed by atoms with Gasteiger partial charge >= 0.3 is 0 Å². The van der Waals surface area contributed by atoms with Crippen LogP contribution in [0.2, 0.25) is 0 Å². The second-order valence-corrected chi connectivity index (χ2v) is 8.42. The van der Waals surface area contributed by atoms with Gasteiger partial charge in [-0.15, -0.1) is 24.0 Å². The van der Waals surface area contributed by atoms with E-state index in [4.69, 9.17) is 9.73 Å². The van der Waals surface area contributed by atoms with Crippen molar-refractivity contribution in [3.63, 3.8) is 0 Å². The molecule has 0 radical (unpaired) electrons. The molecule has 0 bridgehead atoms. The number of halogens is 1. The number of likely N-dealkylation sites (N-methyl/N-ethyl adjacent to an activating group) is 1. The summed E-state index contributed by atoms with van der Waals surface area (Å²) in [4.78, 5) is 14.1. The molecule has 0 aromatic carbocycles. The summed E-state index contributed by atoms with van der Waals surface area (Å²) in [5, 5.41) is 6.75. The van der Waals surface area contributed by atoms with Crippen LogP contribution in [-0.4, -0.2) is 74.9 Å². The third-order valence-corrected chi connectivity index (χ3v) is 5.95. The van der Waals surface area contributed by atoms with E-state index in [1.54, 1.807) is 0 Å². The topological polar surface area (TPSA) is 65.0 Å². The summed E-state index contributed by atoms with van der Waals surface area (Å²) >= 11 is 0. The van der Waals surface area contributed by atoms with Crippen LogP contribution in [0.1, 0.15) is 51.0 Å². The molecule has 0 amide bonds. The third-order valence-electron chi connectivity index (χ3n) is 5.95. The van der Waals surface area contributed by atoms with Gasteiger partial charge in [0, 0.05) is 45.5 Å². The Labute approximate surface area is 205 Å². The van der Waals surface area contributed by atoms with Crippen molar-refractivity contribution in [1.82, 2.24) is 20.5 Å². The predicted octanol–water partition coefficient (Wildman–Crippen LogP) is 3.25. The molecule has 2 aliphatic rings. The predicted molar refractivity (Wildman–Crippen MR) is 140 cm³/mol. The van der Waals surface area contributed by atoms with E-state index in [1.807, 2.05) is 6.20 Å². The number of pyridine rings is 1. The summed E-state index contributed by atoms with van der Waals surface area (Å²) < 4.78 is 6.08. The van der Waals surface area contributed by atoms with Gasteiger partial charge in [0.15, 0.2) is 5.96 Å². The van der Waals surface area contributed by atoms with Gasteiger partial charge in [-0.3, -0.25) is 0 Å². The molecular formula is C23H41IN6O. The Morgan fingerprint density at radius 3 is 2.58 bits per heavy atom. The molecule has 0 spiro atoms. The Kier molecular flexibility index (Phi) is 12.5. The lowest BCUT2D eigenvalue weighted by Gasteiger charge is -2.33.